The first-order valence-electron chi connectivity index (χ1n) is 11.7. The van der Waals surface area contributed by atoms with Gasteiger partial charge in [0.15, 0.2) is 0 Å². The van der Waals surface area contributed by atoms with E-state index in [4.69, 9.17) is 0 Å². The Morgan fingerprint density at radius 1 is 0.839 bits per heavy atom. The van der Waals surface area contributed by atoms with Crippen LogP contribution in [0.1, 0.15) is 50.2 Å². The predicted molar refractivity (Wildman–Crippen MR) is 124 cm³/mol. The third kappa shape index (κ3) is 4.84. The van der Waals surface area contributed by atoms with E-state index >= 15 is 0 Å². The average Bonchev–Trinajstić information content (AvgIpc) is 2.84. The van der Waals surface area contributed by atoms with Crippen molar-refractivity contribution in [2.75, 3.05) is 26.2 Å². The Morgan fingerprint density at radius 2 is 1.42 bits per heavy atom. The molecule has 2 heterocycles. The lowest BCUT2D eigenvalue weighted by Crippen LogP contribution is -2.55. The molecule has 2 amide bonds. The summed E-state index contributed by atoms with van der Waals surface area (Å²) in [6.45, 7) is 4.64. The molecule has 0 saturated carbocycles. The molecular weight excluding hydrogens is 384 g/mol. The highest BCUT2D eigenvalue weighted by Crippen LogP contribution is 2.38. The van der Waals surface area contributed by atoms with Crippen molar-refractivity contribution in [2.45, 2.75) is 50.9 Å². The number of benzene rings is 2. The van der Waals surface area contributed by atoms with E-state index in [0.29, 0.717) is 31.8 Å². The van der Waals surface area contributed by atoms with Gasteiger partial charge in [0.2, 0.25) is 11.8 Å². The van der Waals surface area contributed by atoms with Gasteiger partial charge in [0, 0.05) is 33.1 Å². The third-order valence-electron chi connectivity index (χ3n) is 7.38. The molecule has 0 spiro atoms. The molecule has 0 unspecified atom stereocenters. The van der Waals surface area contributed by atoms with Crippen LogP contribution in [0.2, 0.25) is 0 Å². The van der Waals surface area contributed by atoms with Crippen molar-refractivity contribution >= 4 is 11.8 Å². The van der Waals surface area contributed by atoms with Gasteiger partial charge in [0.1, 0.15) is 0 Å². The summed E-state index contributed by atoms with van der Waals surface area (Å²) in [5.41, 5.74) is 2.01. The number of likely N-dealkylation sites (tertiary alicyclic amines) is 2. The lowest BCUT2D eigenvalue weighted by molar-refractivity contribution is -0.143. The molecule has 4 rings (SSSR count). The quantitative estimate of drug-likeness (QED) is 0.720. The second kappa shape index (κ2) is 9.67. The Balaban J connectivity index is 1.41. The fraction of sp³-hybridized carbons (Fsp3) is 0.481. The zero-order valence-electron chi connectivity index (χ0n) is 18.6. The number of rotatable bonds is 5. The van der Waals surface area contributed by atoms with Gasteiger partial charge in [-0.25, -0.2) is 0 Å². The van der Waals surface area contributed by atoms with Gasteiger partial charge in [-0.3, -0.25) is 9.59 Å². The number of aryl methyl sites for hydroxylation is 1. The largest absolute Gasteiger partial charge is 0.343 e. The molecule has 2 saturated heterocycles. The lowest BCUT2D eigenvalue weighted by atomic mass is 9.71. The summed E-state index contributed by atoms with van der Waals surface area (Å²) in [5, 5.41) is 0. The maximum atomic E-state index is 13.9. The summed E-state index contributed by atoms with van der Waals surface area (Å²) in [6, 6.07) is 20.9. The van der Waals surface area contributed by atoms with Crippen LogP contribution in [0.25, 0.3) is 0 Å². The Bertz CT molecular complexity index is 865. The molecule has 0 aromatic heterocycles. The number of hydrogen-bond donors (Lipinski definition) is 0. The van der Waals surface area contributed by atoms with Crippen LogP contribution in [0.15, 0.2) is 60.7 Å². The van der Waals surface area contributed by atoms with Gasteiger partial charge in [-0.05, 0) is 55.6 Å². The lowest BCUT2D eigenvalue weighted by Gasteiger charge is -2.45. The van der Waals surface area contributed by atoms with Gasteiger partial charge >= 0.3 is 0 Å². The third-order valence-corrected chi connectivity index (χ3v) is 7.38. The summed E-state index contributed by atoms with van der Waals surface area (Å²) >= 11 is 0. The minimum Gasteiger partial charge on any atom is -0.343 e. The van der Waals surface area contributed by atoms with Gasteiger partial charge < -0.3 is 9.80 Å². The second-order valence-electron chi connectivity index (χ2n) is 9.21. The standard InChI is InChI=1S/C27H34N2O2/c1-22(30)28-20-16-27(17-21-28,25-10-6-3-7-11-25)26(31)29-18-14-24(15-19-29)13-12-23-8-4-2-5-9-23/h2-11,24H,12-21H2,1H3. The van der Waals surface area contributed by atoms with E-state index in [0.717, 1.165) is 37.9 Å². The van der Waals surface area contributed by atoms with Gasteiger partial charge in [0.05, 0.1) is 5.41 Å². The van der Waals surface area contributed by atoms with Crippen LogP contribution in [0.3, 0.4) is 0 Å². The zero-order valence-corrected chi connectivity index (χ0v) is 18.6. The Morgan fingerprint density at radius 3 is 2.00 bits per heavy atom. The molecule has 2 aromatic rings. The van der Waals surface area contributed by atoms with E-state index < -0.39 is 5.41 Å². The highest BCUT2D eigenvalue weighted by molar-refractivity contribution is 5.89. The first-order valence-corrected chi connectivity index (χ1v) is 11.7. The minimum absolute atomic E-state index is 0.105. The summed E-state index contributed by atoms with van der Waals surface area (Å²) < 4.78 is 0. The molecule has 0 radical (unpaired) electrons. The molecule has 0 aliphatic carbocycles. The van der Waals surface area contributed by atoms with Crippen LogP contribution in [0.5, 0.6) is 0 Å². The van der Waals surface area contributed by atoms with Crippen molar-refractivity contribution in [3.63, 3.8) is 0 Å². The SMILES string of the molecule is CC(=O)N1CCC(C(=O)N2CCC(CCc3ccccc3)CC2)(c2ccccc2)CC1. The zero-order chi connectivity index (χ0) is 21.7. The summed E-state index contributed by atoms with van der Waals surface area (Å²) in [7, 11) is 0. The van der Waals surface area contributed by atoms with E-state index in [-0.39, 0.29) is 11.8 Å². The summed E-state index contributed by atoms with van der Waals surface area (Å²) in [5.74, 6) is 1.06. The monoisotopic (exact) mass is 418 g/mol. The molecule has 0 atom stereocenters. The van der Waals surface area contributed by atoms with Crippen LogP contribution < -0.4 is 0 Å². The predicted octanol–water partition coefficient (Wildman–Crippen LogP) is 4.44. The first kappa shape index (κ1) is 21.6. The van der Waals surface area contributed by atoms with Crippen LogP contribution >= 0.6 is 0 Å². The van der Waals surface area contributed by atoms with Gasteiger partial charge in [-0.2, -0.15) is 0 Å². The number of carbonyl (C=O) groups is 2. The maximum absolute atomic E-state index is 13.9. The molecule has 31 heavy (non-hydrogen) atoms. The highest BCUT2D eigenvalue weighted by atomic mass is 16.2. The normalized spacial score (nSPS) is 19.3. The molecular formula is C27H34N2O2. The average molecular weight is 419 g/mol. The molecule has 4 nitrogen and oxygen atoms in total. The van der Waals surface area contributed by atoms with Gasteiger partial charge in [0.25, 0.3) is 0 Å². The Labute approximate surface area is 186 Å². The Hall–Kier alpha value is -2.62. The number of carbonyl (C=O) groups excluding carboxylic acids is 2. The van der Waals surface area contributed by atoms with Crippen molar-refractivity contribution in [3.05, 3.63) is 71.8 Å². The molecule has 2 fully saturated rings. The van der Waals surface area contributed by atoms with Crippen molar-refractivity contribution in [2.24, 2.45) is 5.92 Å². The van der Waals surface area contributed by atoms with E-state index in [1.54, 1.807) is 6.92 Å². The topological polar surface area (TPSA) is 40.6 Å². The smallest absolute Gasteiger partial charge is 0.233 e. The van der Waals surface area contributed by atoms with Gasteiger partial charge in [-0.15, -0.1) is 0 Å². The molecule has 0 bridgehead atoms. The molecule has 2 aromatic carbocycles. The molecule has 0 N–H and O–H groups in total. The van der Waals surface area contributed by atoms with Crippen LogP contribution in [0, 0.1) is 5.92 Å². The Kier molecular flexibility index (Phi) is 6.74. The van der Waals surface area contributed by atoms with E-state index in [1.165, 1.54) is 12.0 Å². The van der Waals surface area contributed by atoms with E-state index in [9.17, 15) is 9.59 Å². The number of nitrogens with zero attached hydrogens (tertiary/aromatic N) is 2. The number of hydrogen-bond acceptors (Lipinski definition) is 2. The number of amides is 2. The summed E-state index contributed by atoms with van der Waals surface area (Å²) in [4.78, 5) is 29.7. The van der Waals surface area contributed by atoms with Crippen molar-refractivity contribution in [1.29, 1.82) is 0 Å². The molecule has 2 aliphatic heterocycles. The van der Waals surface area contributed by atoms with E-state index in [2.05, 4.69) is 47.4 Å². The fourth-order valence-electron chi connectivity index (χ4n) is 5.33. The first-order chi connectivity index (χ1) is 15.1. The number of piperidine rings is 2. The second-order valence-corrected chi connectivity index (χ2v) is 9.21. The minimum atomic E-state index is -0.496. The van der Waals surface area contributed by atoms with Crippen molar-refractivity contribution < 1.29 is 9.59 Å². The summed E-state index contributed by atoms with van der Waals surface area (Å²) in [6.07, 6.45) is 5.91. The fourth-order valence-corrected chi connectivity index (χ4v) is 5.33. The highest BCUT2D eigenvalue weighted by Gasteiger charge is 2.45. The van der Waals surface area contributed by atoms with E-state index in [1.807, 2.05) is 23.1 Å². The van der Waals surface area contributed by atoms with Crippen LogP contribution in [-0.2, 0) is 21.4 Å². The molecule has 2 aliphatic rings. The van der Waals surface area contributed by atoms with Gasteiger partial charge in [-0.1, -0.05) is 60.7 Å². The maximum Gasteiger partial charge on any atom is 0.233 e. The molecule has 164 valence electrons. The van der Waals surface area contributed by atoms with Crippen molar-refractivity contribution in [1.82, 2.24) is 9.80 Å². The van der Waals surface area contributed by atoms with Crippen molar-refractivity contribution in [3.8, 4) is 0 Å². The van der Waals surface area contributed by atoms with Crippen LogP contribution in [-0.4, -0.2) is 47.8 Å². The molecule has 4 heteroatoms. The van der Waals surface area contributed by atoms with Crippen LogP contribution in [0.4, 0.5) is 0 Å².